The minimum atomic E-state index is -0.508. The van der Waals surface area contributed by atoms with Crippen LogP contribution in [0.4, 0.5) is 11.4 Å². The molecule has 0 saturated carbocycles. The Balaban J connectivity index is 1.77. The number of rotatable bonds is 8. The van der Waals surface area contributed by atoms with Crippen LogP contribution in [-0.2, 0) is 9.59 Å². The van der Waals surface area contributed by atoms with E-state index in [-0.39, 0.29) is 10.7 Å². The van der Waals surface area contributed by atoms with Crippen molar-refractivity contribution in [1.29, 1.82) is 0 Å². The lowest BCUT2D eigenvalue weighted by Crippen LogP contribution is -2.56. The first-order chi connectivity index (χ1) is 17.5. The molecule has 0 radical (unpaired) electrons. The fourth-order valence-electron chi connectivity index (χ4n) is 3.69. The van der Waals surface area contributed by atoms with Gasteiger partial charge in [-0.2, -0.15) is 0 Å². The Bertz CT molecular complexity index is 1210. The largest absolute Gasteiger partial charge is 0.497 e. The van der Waals surface area contributed by atoms with Crippen molar-refractivity contribution in [3.8, 4) is 17.2 Å². The van der Waals surface area contributed by atoms with E-state index in [1.54, 1.807) is 81.0 Å². The Hall–Kier alpha value is -4.17. The normalized spacial score (nSPS) is 13.6. The van der Waals surface area contributed by atoms with Crippen molar-refractivity contribution in [3.05, 3.63) is 83.9 Å². The third-order valence-electron chi connectivity index (χ3n) is 5.57. The van der Waals surface area contributed by atoms with Gasteiger partial charge in [0.25, 0.3) is 11.8 Å². The van der Waals surface area contributed by atoms with E-state index in [0.717, 1.165) is 12.2 Å². The molecule has 3 aromatic carbocycles. The van der Waals surface area contributed by atoms with E-state index in [1.165, 1.54) is 9.80 Å². The first kappa shape index (κ1) is 24.9. The zero-order valence-corrected chi connectivity index (χ0v) is 21.1. The van der Waals surface area contributed by atoms with Gasteiger partial charge >= 0.3 is 0 Å². The van der Waals surface area contributed by atoms with Gasteiger partial charge in [0.05, 0.1) is 32.2 Å². The van der Waals surface area contributed by atoms with Crippen LogP contribution < -0.4 is 24.0 Å². The topological polar surface area (TPSA) is 68.3 Å². The number of thiocarbonyl (C=S) groups is 1. The number of hydrogen-bond acceptors (Lipinski definition) is 6. The Morgan fingerprint density at radius 1 is 0.722 bits per heavy atom. The number of ether oxygens (including phenoxy) is 3. The van der Waals surface area contributed by atoms with Crippen LogP contribution in [0.1, 0.15) is 18.9 Å². The van der Waals surface area contributed by atoms with Crippen LogP contribution in [0, 0.1) is 0 Å². The van der Waals surface area contributed by atoms with Gasteiger partial charge < -0.3 is 14.2 Å². The maximum Gasteiger partial charge on any atom is 0.270 e. The smallest absolute Gasteiger partial charge is 0.270 e. The van der Waals surface area contributed by atoms with Crippen LogP contribution in [0.15, 0.2) is 78.4 Å². The Morgan fingerprint density at radius 2 is 1.17 bits per heavy atom. The summed E-state index contributed by atoms with van der Waals surface area (Å²) in [4.78, 5) is 30.0. The highest BCUT2D eigenvalue weighted by atomic mass is 32.1. The summed E-state index contributed by atoms with van der Waals surface area (Å²) in [5.74, 6) is 0.982. The summed E-state index contributed by atoms with van der Waals surface area (Å²) in [6, 6.07) is 21.1. The van der Waals surface area contributed by atoms with E-state index < -0.39 is 11.8 Å². The molecule has 3 aromatic rings. The Labute approximate surface area is 215 Å². The standard InChI is InChI=1S/C28H26N2O5S/c1-4-17-35-24-11-5-19(6-12-24)18-25-26(31)29(20-7-13-22(33-2)14-8-20)28(36)30(27(25)32)21-9-15-23(34-3)16-10-21/h5-16,18H,4,17H2,1-3H3. The molecule has 184 valence electrons. The number of hydrogen-bond donors (Lipinski definition) is 0. The highest BCUT2D eigenvalue weighted by Gasteiger charge is 2.41. The van der Waals surface area contributed by atoms with Crippen LogP contribution >= 0.6 is 12.2 Å². The van der Waals surface area contributed by atoms with Crippen molar-refractivity contribution >= 4 is 46.6 Å². The third kappa shape index (κ3) is 5.08. The SMILES string of the molecule is CCCOc1ccc(C=C2C(=O)N(c3ccc(OC)cc3)C(=S)N(c3ccc(OC)cc3)C2=O)cc1. The van der Waals surface area contributed by atoms with E-state index >= 15 is 0 Å². The maximum atomic E-state index is 13.6. The molecule has 0 aliphatic carbocycles. The molecule has 4 rings (SSSR count). The average molecular weight is 503 g/mol. The molecule has 0 bridgehead atoms. The van der Waals surface area contributed by atoms with Crippen molar-refractivity contribution in [3.63, 3.8) is 0 Å². The summed E-state index contributed by atoms with van der Waals surface area (Å²) in [5, 5.41) is 0.0563. The van der Waals surface area contributed by atoms with E-state index in [4.69, 9.17) is 26.4 Å². The molecule has 0 aromatic heterocycles. The summed E-state index contributed by atoms with van der Waals surface area (Å²) in [5.41, 5.74) is 1.71. The van der Waals surface area contributed by atoms with Gasteiger partial charge in [0.2, 0.25) is 0 Å². The molecular weight excluding hydrogens is 476 g/mol. The second-order valence-electron chi connectivity index (χ2n) is 7.94. The van der Waals surface area contributed by atoms with Gasteiger partial charge in [-0.25, -0.2) is 0 Å². The zero-order chi connectivity index (χ0) is 25.7. The number of carbonyl (C=O) groups is 2. The predicted octanol–water partition coefficient (Wildman–Crippen LogP) is 5.24. The van der Waals surface area contributed by atoms with E-state index in [1.807, 2.05) is 19.1 Å². The average Bonchev–Trinajstić information content (AvgIpc) is 2.91. The van der Waals surface area contributed by atoms with Gasteiger partial charge in [0.1, 0.15) is 22.8 Å². The molecule has 1 aliphatic rings. The van der Waals surface area contributed by atoms with Gasteiger partial charge in [-0.3, -0.25) is 19.4 Å². The number of benzene rings is 3. The van der Waals surface area contributed by atoms with Crippen molar-refractivity contribution in [2.24, 2.45) is 0 Å². The van der Waals surface area contributed by atoms with E-state index in [0.29, 0.717) is 35.0 Å². The summed E-state index contributed by atoms with van der Waals surface area (Å²) in [7, 11) is 3.13. The second-order valence-corrected chi connectivity index (χ2v) is 8.30. The van der Waals surface area contributed by atoms with E-state index in [2.05, 4.69) is 0 Å². The van der Waals surface area contributed by atoms with Crippen LogP contribution in [0.5, 0.6) is 17.2 Å². The lowest BCUT2D eigenvalue weighted by Gasteiger charge is -2.36. The quantitative estimate of drug-likeness (QED) is 0.238. The number of carbonyl (C=O) groups excluding carboxylic acids is 2. The molecule has 1 aliphatic heterocycles. The van der Waals surface area contributed by atoms with Gasteiger partial charge in [-0.15, -0.1) is 0 Å². The van der Waals surface area contributed by atoms with Crippen LogP contribution in [-0.4, -0.2) is 37.8 Å². The highest BCUT2D eigenvalue weighted by Crippen LogP contribution is 2.31. The van der Waals surface area contributed by atoms with Crippen molar-refractivity contribution in [2.45, 2.75) is 13.3 Å². The summed E-state index contributed by atoms with van der Waals surface area (Å²) in [6.07, 6.45) is 2.47. The molecule has 0 N–H and O–H groups in total. The molecule has 8 heteroatoms. The molecule has 36 heavy (non-hydrogen) atoms. The monoisotopic (exact) mass is 502 g/mol. The summed E-state index contributed by atoms with van der Waals surface area (Å²) < 4.78 is 16.1. The Morgan fingerprint density at radius 3 is 1.58 bits per heavy atom. The second kappa shape index (κ2) is 11.0. The summed E-state index contributed by atoms with van der Waals surface area (Å²) >= 11 is 5.67. The van der Waals surface area contributed by atoms with Crippen LogP contribution in [0.3, 0.4) is 0 Å². The fourth-order valence-corrected chi connectivity index (χ4v) is 4.07. The molecule has 0 unspecified atom stereocenters. The third-order valence-corrected chi connectivity index (χ3v) is 5.94. The molecule has 7 nitrogen and oxygen atoms in total. The molecule has 0 spiro atoms. The zero-order valence-electron chi connectivity index (χ0n) is 20.3. The molecule has 1 heterocycles. The lowest BCUT2D eigenvalue weighted by atomic mass is 10.0. The van der Waals surface area contributed by atoms with Gasteiger partial charge in [0.15, 0.2) is 5.11 Å². The Kier molecular flexibility index (Phi) is 7.65. The number of methoxy groups -OCH3 is 2. The van der Waals surface area contributed by atoms with Crippen molar-refractivity contribution < 1.29 is 23.8 Å². The number of anilines is 2. The minimum Gasteiger partial charge on any atom is -0.497 e. The summed E-state index contributed by atoms with van der Waals surface area (Å²) in [6.45, 7) is 2.65. The molecule has 0 atom stereocenters. The minimum absolute atomic E-state index is 0.0162. The first-order valence-electron chi connectivity index (χ1n) is 11.4. The lowest BCUT2D eigenvalue weighted by molar-refractivity contribution is -0.120. The maximum absolute atomic E-state index is 13.6. The first-order valence-corrected chi connectivity index (χ1v) is 11.8. The fraction of sp³-hybridized carbons (Fsp3) is 0.179. The molecule has 1 saturated heterocycles. The van der Waals surface area contributed by atoms with Crippen LogP contribution in [0.2, 0.25) is 0 Å². The van der Waals surface area contributed by atoms with Crippen LogP contribution in [0.25, 0.3) is 6.08 Å². The van der Waals surface area contributed by atoms with Gasteiger partial charge in [0, 0.05) is 0 Å². The molecule has 1 fully saturated rings. The van der Waals surface area contributed by atoms with Crippen molar-refractivity contribution in [1.82, 2.24) is 0 Å². The number of nitrogens with zero attached hydrogens (tertiary/aromatic N) is 2. The van der Waals surface area contributed by atoms with Crippen molar-refractivity contribution in [2.75, 3.05) is 30.6 Å². The highest BCUT2D eigenvalue weighted by molar-refractivity contribution is 7.81. The van der Waals surface area contributed by atoms with Gasteiger partial charge in [-0.1, -0.05) is 19.1 Å². The van der Waals surface area contributed by atoms with Gasteiger partial charge in [-0.05, 0) is 90.9 Å². The molecular formula is C28H26N2O5S. The number of amides is 2. The van der Waals surface area contributed by atoms with E-state index in [9.17, 15) is 9.59 Å². The molecule has 2 amide bonds. The predicted molar refractivity (Wildman–Crippen MR) is 144 cm³/mol.